The maximum atomic E-state index is 7.06. The van der Waals surface area contributed by atoms with E-state index in [1.54, 1.807) is 0 Å². The predicted octanol–water partition coefficient (Wildman–Crippen LogP) is 7.42. The lowest BCUT2D eigenvalue weighted by Crippen LogP contribution is -2.51. The lowest BCUT2D eigenvalue weighted by Gasteiger charge is -2.46. The van der Waals surface area contributed by atoms with Crippen LogP contribution >= 0.6 is 7.26 Å². The van der Waals surface area contributed by atoms with E-state index in [1.807, 2.05) is 0 Å². The van der Waals surface area contributed by atoms with Crippen molar-refractivity contribution in [2.75, 3.05) is 6.16 Å². The van der Waals surface area contributed by atoms with Crippen molar-refractivity contribution in [3.8, 4) is 0 Å². The fraction of sp³-hybridized carbons (Fsp3) is 0.400. The van der Waals surface area contributed by atoms with Crippen LogP contribution in [-0.2, 0) is 4.43 Å². The standard InChI is InChI=1S/C30H42OPSi/c1-25(30(5,6)31-33(7,8)29(2,3)4)24-32(26-18-12-9-13-19-26,27-20-14-10-15-21-27)28-22-16-11-17-23-28/h9-23,25H,24H2,1-8H3/q+1/t25-/m0/s1. The van der Waals surface area contributed by atoms with E-state index >= 15 is 0 Å². The van der Waals surface area contributed by atoms with Crippen molar-refractivity contribution in [2.24, 2.45) is 5.92 Å². The smallest absolute Gasteiger partial charge is 0.192 e. The Morgan fingerprint density at radius 2 is 1.00 bits per heavy atom. The van der Waals surface area contributed by atoms with Gasteiger partial charge >= 0.3 is 0 Å². The molecule has 0 bridgehead atoms. The third-order valence-electron chi connectivity index (χ3n) is 7.65. The molecule has 0 spiro atoms. The largest absolute Gasteiger partial charge is 0.412 e. The van der Waals surface area contributed by atoms with Gasteiger partial charge in [0, 0.05) is 5.92 Å². The normalized spacial score (nSPS) is 14.2. The van der Waals surface area contributed by atoms with Crippen LogP contribution in [0.15, 0.2) is 91.0 Å². The predicted molar refractivity (Wildman–Crippen MR) is 152 cm³/mol. The van der Waals surface area contributed by atoms with Crippen LogP contribution in [0, 0.1) is 5.92 Å². The van der Waals surface area contributed by atoms with Crippen molar-refractivity contribution in [3.63, 3.8) is 0 Å². The molecule has 0 saturated carbocycles. The van der Waals surface area contributed by atoms with Crippen LogP contribution in [0.25, 0.3) is 0 Å². The van der Waals surface area contributed by atoms with Gasteiger partial charge in [0.05, 0.1) is 11.8 Å². The van der Waals surface area contributed by atoms with Crippen LogP contribution in [0.2, 0.25) is 18.1 Å². The molecule has 1 atom stereocenters. The first-order chi connectivity index (χ1) is 15.4. The van der Waals surface area contributed by atoms with E-state index in [1.165, 1.54) is 15.9 Å². The Labute approximate surface area is 204 Å². The van der Waals surface area contributed by atoms with Gasteiger partial charge in [-0.1, -0.05) is 82.3 Å². The topological polar surface area (TPSA) is 9.23 Å². The van der Waals surface area contributed by atoms with Crippen molar-refractivity contribution in [1.29, 1.82) is 0 Å². The Kier molecular flexibility index (Phi) is 7.74. The van der Waals surface area contributed by atoms with Gasteiger partial charge in [-0.3, -0.25) is 0 Å². The van der Waals surface area contributed by atoms with Gasteiger partial charge < -0.3 is 4.43 Å². The third-order valence-corrected chi connectivity index (χ3v) is 16.9. The second-order valence-corrected chi connectivity index (χ2v) is 19.6. The summed E-state index contributed by atoms with van der Waals surface area (Å²) in [6.45, 7) is 18.8. The van der Waals surface area contributed by atoms with E-state index in [-0.39, 0.29) is 10.6 Å². The third kappa shape index (κ3) is 5.51. The van der Waals surface area contributed by atoms with E-state index in [0.29, 0.717) is 5.92 Å². The van der Waals surface area contributed by atoms with E-state index in [0.717, 1.165) is 6.16 Å². The van der Waals surface area contributed by atoms with Crippen molar-refractivity contribution in [3.05, 3.63) is 91.0 Å². The van der Waals surface area contributed by atoms with Crippen LogP contribution in [0.3, 0.4) is 0 Å². The Bertz CT molecular complexity index is 911. The summed E-state index contributed by atoms with van der Waals surface area (Å²) >= 11 is 0. The zero-order valence-corrected chi connectivity index (χ0v) is 23.7. The van der Waals surface area contributed by atoms with E-state index in [2.05, 4.69) is 146 Å². The van der Waals surface area contributed by atoms with Crippen molar-refractivity contribution < 1.29 is 4.43 Å². The van der Waals surface area contributed by atoms with Gasteiger partial charge in [0.25, 0.3) is 0 Å². The van der Waals surface area contributed by atoms with Gasteiger partial charge in [-0.2, -0.15) is 0 Å². The molecule has 0 aliphatic carbocycles. The minimum Gasteiger partial charge on any atom is -0.412 e. The molecule has 3 aromatic rings. The number of hydrogen-bond donors (Lipinski definition) is 0. The first kappa shape index (κ1) is 25.9. The summed E-state index contributed by atoms with van der Waals surface area (Å²) in [5.41, 5.74) is -0.216. The summed E-state index contributed by atoms with van der Waals surface area (Å²) in [4.78, 5) is 0. The van der Waals surface area contributed by atoms with Gasteiger partial charge in [-0.05, 0) is 68.4 Å². The SMILES string of the molecule is C[C@@H](C[P+](c1ccccc1)(c1ccccc1)c1ccccc1)C(C)(C)O[Si](C)(C)C(C)(C)C. The highest BCUT2D eigenvalue weighted by molar-refractivity contribution is 7.95. The monoisotopic (exact) mass is 477 g/mol. The molecule has 3 rings (SSSR count). The first-order valence-electron chi connectivity index (χ1n) is 12.2. The highest BCUT2D eigenvalue weighted by Crippen LogP contribution is 2.58. The maximum Gasteiger partial charge on any atom is 0.192 e. The minimum absolute atomic E-state index is 0.189. The summed E-state index contributed by atoms with van der Waals surface area (Å²) in [5.74, 6) is 0.376. The van der Waals surface area contributed by atoms with Crippen molar-refractivity contribution in [2.45, 2.75) is 65.3 Å². The van der Waals surface area contributed by atoms with Gasteiger partial charge in [0.2, 0.25) is 0 Å². The molecule has 0 heterocycles. The summed E-state index contributed by atoms with van der Waals surface area (Å²) in [7, 11) is -3.78. The Morgan fingerprint density at radius 1 is 0.667 bits per heavy atom. The zero-order valence-electron chi connectivity index (χ0n) is 21.8. The van der Waals surface area contributed by atoms with Gasteiger partial charge in [-0.25, -0.2) is 0 Å². The molecule has 3 heteroatoms. The van der Waals surface area contributed by atoms with E-state index in [9.17, 15) is 0 Å². The Hall–Kier alpha value is -1.73. The fourth-order valence-corrected chi connectivity index (χ4v) is 11.0. The summed E-state index contributed by atoms with van der Waals surface area (Å²) in [6.07, 6.45) is 1.08. The average molecular weight is 478 g/mol. The summed E-state index contributed by atoms with van der Waals surface area (Å²) in [6, 6.07) is 33.5. The van der Waals surface area contributed by atoms with Gasteiger partial charge in [0.1, 0.15) is 23.2 Å². The summed E-state index contributed by atoms with van der Waals surface area (Å²) < 4.78 is 7.06. The van der Waals surface area contributed by atoms with Crippen molar-refractivity contribution >= 4 is 31.5 Å². The molecule has 3 aromatic carbocycles. The summed E-state index contributed by atoms with van der Waals surface area (Å²) in [5, 5.41) is 4.52. The number of benzene rings is 3. The zero-order chi connectivity index (χ0) is 24.3. The molecular formula is C30H42OPSi+. The Morgan fingerprint density at radius 3 is 1.30 bits per heavy atom. The molecule has 0 aromatic heterocycles. The molecule has 0 N–H and O–H groups in total. The molecule has 0 saturated heterocycles. The van der Waals surface area contributed by atoms with Crippen LogP contribution in [-0.4, -0.2) is 20.1 Å². The van der Waals surface area contributed by atoms with Crippen LogP contribution in [0.4, 0.5) is 0 Å². The molecule has 176 valence electrons. The highest BCUT2D eigenvalue weighted by atomic mass is 31.2. The molecule has 0 amide bonds. The molecule has 0 unspecified atom stereocenters. The number of rotatable bonds is 8. The molecule has 0 aliphatic rings. The lowest BCUT2D eigenvalue weighted by molar-refractivity contribution is 0.0463. The van der Waals surface area contributed by atoms with Crippen LogP contribution in [0.5, 0.6) is 0 Å². The molecule has 33 heavy (non-hydrogen) atoms. The number of hydrogen-bond acceptors (Lipinski definition) is 1. The quantitative estimate of drug-likeness (QED) is 0.242. The van der Waals surface area contributed by atoms with Crippen molar-refractivity contribution in [1.82, 2.24) is 0 Å². The van der Waals surface area contributed by atoms with Gasteiger partial charge in [-0.15, -0.1) is 0 Å². The fourth-order valence-electron chi connectivity index (χ4n) is 4.35. The van der Waals surface area contributed by atoms with Gasteiger partial charge in [0.15, 0.2) is 8.32 Å². The molecule has 1 nitrogen and oxygen atoms in total. The highest BCUT2D eigenvalue weighted by Gasteiger charge is 2.50. The average Bonchev–Trinajstić information content (AvgIpc) is 2.77. The first-order valence-corrected chi connectivity index (χ1v) is 17.0. The minimum atomic E-state index is -1.90. The second-order valence-electron chi connectivity index (χ2n) is 11.4. The molecular weight excluding hydrogens is 435 g/mol. The molecule has 0 fully saturated rings. The Balaban J connectivity index is 2.15. The lowest BCUT2D eigenvalue weighted by atomic mass is 9.95. The second kappa shape index (κ2) is 9.86. The van der Waals surface area contributed by atoms with Crippen LogP contribution in [0.1, 0.15) is 41.5 Å². The van der Waals surface area contributed by atoms with E-state index < -0.39 is 15.6 Å². The molecule has 0 radical (unpaired) electrons. The van der Waals surface area contributed by atoms with Crippen LogP contribution < -0.4 is 15.9 Å². The maximum absolute atomic E-state index is 7.06. The van der Waals surface area contributed by atoms with E-state index in [4.69, 9.17) is 4.43 Å². The molecule has 0 aliphatic heterocycles.